The molecule has 41 heavy (non-hydrogen) atoms. The second kappa shape index (κ2) is 12.7. The fourth-order valence-corrected chi connectivity index (χ4v) is 4.26. The van der Waals surface area contributed by atoms with Crippen LogP contribution in [0.4, 0.5) is 35.1 Å². The number of hydrogen-bond acceptors (Lipinski definition) is 3. The Morgan fingerprint density at radius 3 is 1.90 bits per heavy atom. The van der Waals surface area contributed by atoms with Crippen LogP contribution in [0.3, 0.4) is 0 Å². The van der Waals surface area contributed by atoms with Gasteiger partial charge in [0.05, 0.1) is 0 Å². The summed E-state index contributed by atoms with van der Waals surface area (Å²) in [6, 6.07) is 17.4. The standard InChI is InChI=1S/C30H20F8O2S/c1-41-16-27(34)28(35)20-7-9-22(10-8-20)39-15-17-2-11-23(24(31)12-17)19-5-3-18(4-6-19)21-13-25(32)29(26(33)14-21)40-30(36,37)38/h2-14H,15-16H2,1H3. The number of halogens is 8. The Hall–Kier alpha value is -3.99. The summed E-state index contributed by atoms with van der Waals surface area (Å²) in [5, 5.41) is 0. The molecule has 0 fully saturated rings. The third-order valence-corrected chi connectivity index (χ3v) is 6.34. The first kappa shape index (κ1) is 30.0. The topological polar surface area (TPSA) is 18.5 Å². The van der Waals surface area contributed by atoms with E-state index in [1.165, 1.54) is 60.7 Å². The zero-order chi connectivity index (χ0) is 29.7. The molecule has 11 heteroatoms. The van der Waals surface area contributed by atoms with E-state index in [1.807, 2.05) is 0 Å². The summed E-state index contributed by atoms with van der Waals surface area (Å²) in [5.74, 6) is -6.67. The van der Waals surface area contributed by atoms with Crippen molar-refractivity contribution in [3.05, 3.63) is 113 Å². The van der Waals surface area contributed by atoms with Crippen molar-refractivity contribution < 1.29 is 44.6 Å². The lowest BCUT2D eigenvalue weighted by Gasteiger charge is -2.12. The first-order valence-electron chi connectivity index (χ1n) is 11.9. The fraction of sp³-hybridized carbons (Fsp3) is 0.133. The van der Waals surface area contributed by atoms with Gasteiger partial charge in [-0.05, 0) is 71.0 Å². The van der Waals surface area contributed by atoms with Crippen LogP contribution < -0.4 is 9.47 Å². The summed E-state index contributed by atoms with van der Waals surface area (Å²) in [6.07, 6.45) is -3.59. The zero-order valence-corrected chi connectivity index (χ0v) is 22.0. The van der Waals surface area contributed by atoms with Gasteiger partial charge in [0.1, 0.15) is 24.0 Å². The molecule has 0 bridgehead atoms. The molecule has 0 heterocycles. The van der Waals surface area contributed by atoms with Crippen molar-refractivity contribution >= 4 is 17.6 Å². The number of hydrogen-bond donors (Lipinski definition) is 0. The maximum Gasteiger partial charge on any atom is 0.573 e. The number of rotatable bonds is 9. The largest absolute Gasteiger partial charge is 0.573 e. The average Bonchev–Trinajstić information content (AvgIpc) is 2.93. The van der Waals surface area contributed by atoms with Gasteiger partial charge in [-0.1, -0.05) is 36.4 Å². The molecule has 2 nitrogen and oxygen atoms in total. The highest BCUT2D eigenvalue weighted by Crippen LogP contribution is 2.34. The van der Waals surface area contributed by atoms with E-state index >= 15 is 0 Å². The third kappa shape index (κ3) is 7.60. The predicted octanol–water partition coefficient (Wildman–Crippen LogP) is 9.89. The van der Waals surface area contributed by atoms with E-state index in [1.54, 1.807) is 12.3 Å². The van der Waals surface area contributed by atoms with Gasteiger partial charge in [0.15, 0.2) is 17.5 Å². The Labute approximate surface area is 234 Å². The van der Waals surface area contributed by atoms with E-state index in [2.05, 4.69) is 4.74 Å². The summed E-state index contributed by atoms with van der Waals surface area (Å²) in [6.45, 7) is -0.000180. The van der Waals surface area contributed by atoms with Crippen molar-refractivity contribution in [2.45, 2.75) is 13.0 Å². The quantitative estimate of drug-likeness (QED) is 0.179. The van der Waals surface area contributed by atoms with Crippen molar-refractivity contribution in [3.63, 3.8) is 0 Å². The molecule has 0 N–H and O–H groups in total. The minimum atomic E-state index is -5.25. The van der Waals surface area contributed by atoms with Gasteiger partial charge in [-0.25, -0.2) is 22.0 Å². The van der Waals surface area contributed by atoms with Crippen LogP contribution in [0.2, 0.25) is 0 Å². The molecule has 0 aliphatic rings. The van der Waals surface area contributed by atoms with Crippen LogP contribution in [0.15, 0.2) is 84.7 Å². The van der Waals surface area contributed by atoms with E-state index in [0.29, 0.717) is 29.0 Å². The first-order valence-corrected chi connectivity index (χ1v) is 13.2. The third-order valence-electron chi connectivity index (χ3n) is 5.80. The van der Waals surface area contributed by atoms with Gasteiger partial charge < -0.3 is 9.47 Å². The second-order valence-corrected chi connectivity index (χ2v) is 9.54. The van der Waals surface area contributed by atoms with Crippen LogP contribution in [0.5, 0.6) is 11.5 Å². The van der Waals surface area contributed by atoms with Crippen LogP contribution in [0.25, 0.3) is 28.1 Å². The first-order chi connectivity index (χ1) is 19.4. The Balaban J connectivity index is 1.44. The molecule has 0 saturated carbocycles. The van der Waals surface area contributed by atoms with Crippen LogP contribution in [-0.4, -0.2) is 18.4 Å². The van der Waals surface area contributed by atoms with E-state index in [-0.39, 0.29) is 34.6 Å². The number of ether oxygens (including phenoxy) is 2. The Morgan fingerprint density at radius 1 is 0.732 bits per heavy atom. The van der Waals surface area contributed by atoms with Gasteiger partial charge in [-0.3, -0.25) is 0 Å². The summed E-state index contributed by atoms with van der Waals surface area (Å²) in [7, 11) is 0. The second-order valence-electron chi connectivity index (χ2n) is 8.67. The fourth-order valence-electron chi connectivity index (χ4n) is 3.88. The summed E-state index contributed by atoms with van der Waals surface area (Å²) in [5.41, 5.74) is 1.49. The molecule has 4 aromatic rings. The SMILES string of the molecule is CSCC(F)=C(F)c1ccc(OCc2ccc(-c3ccc(-c4cc(F)c(OC(F)(F)F)c(F)c4)cc3)c(F)c2)cc1. The van der Waals surface area contributed by atoms with E-state index in [0.717, 1.165) is 11.8 Å². The maximum atomic E-state index is 14.9. The van der Waals surface area contributed by atoms with E-state index in [9.17, 15) is 35.1 Å². The average molecular weight is 597 g/mol. The Kier molecular flexibility index (Phi) is 9.27. The highest BCUT2D eigenvalue weighted by Gasteiger charge is 2.34. The van der Waals surface area contributed by atoms with E-state index < -0.39 is 41.2 Å². The highest BCUT2D eigenvalue weighted by molar-refractivity contribution is 7.98. The minimum absolute atomic E-state index is 0.000180. The summed E-state index contributed by atoms with van der Waals surface area (Å²) in [4.78, 5) is 0. The van der Waals surface area contributed by atoms with Gasteiger partial charge >= 0.3 is 6.36 Å². The van der Waals surface area contributed by atoms with Gasteiger partial charge in [0.25, 0.3) is 0 Å². The zero-order valence-electron chi connectivity index (χ0n) is 21.2. The molecule has 4 rings (SSSR count). The van der Waals surface area contributed by atoms with Gasteiger partial charge in [-0.15, -0.1) is 13.2 Å². The maximum absolute atomic E-state index is 14.9. The number of thioether (sulfide) groups is 1. The summed E-state index contributed by atoms with van der Waals surface area (Å²) >= 11 is 1.16. The normalized spacial score (nSPS) is 12.2. The molecule has 0 spiro atoms. The van der Waals surface area contributed by atoms with Crippen molar-refractivity contribution in [1.29, 1.82) is 0 Å². The highest BCUT2D eigenvalue weighted by atomic mass is 32.2. The van der Waals surface area contributed by atoms with Crippen LogP contribution in [0.1, 0.15) is 11.1 Å². The van der Waals surface area contributed by atoms with Gasteiger partial charge in [0, 0.05) is 16.9 Å². The molecule has 0 aromatic heterocycles. The molecule has 4 aromatic carbocycles. The molecule has 0 amide bonds. The monoisotopic (exact) mass is 596 g/mol. The molecular formula is C30H20F8O2S. The molecule has 0 radical (unpaired) electrons. The summed E-state index contributed by atoms with van der Waals surface area (Å²) < 4.78 is 117. The Morgan fingerprint density at radius 2 is 1.34 bits per heavy atom. The smallest absolute Gasteiger partial charge is 0.489 e. The van der Waals surface area contributed by atoms with Crippen molar-refractivity contribution in [3.8, 4) is 33.8 Å². The van der Waals surface area contributed by atoms with Crippen LogP contribution >= 0.6 is 11.8 Å². The molecule has 0 saturated heterocycles. The van der Waals surface area contributed by atoms with Crippen molar-refractivity contribution in [2.24, 2.45) is 0 Å². The predicted molar refractivity (Wildman–Crippen MR) is 142 cm³/mol. The molecule has 0 unspecified atom stereocenters. The molecule has 0 aliphatic carbocycles. The number of alkyl halides is 3. The van der Waals surface area contributed by atoms with Gasteiger partial charge in [-0.2, -0.15) is 11.8 Å². The van der Waals surface area contributed by atoms with Gasteiger partial charge in [0.2, 0.25) is 5.75 Å². The molecular weight excluding hydrogens is 576 g/mol. The molecule has 0 aliphatic heterocycles. The van der Waals surface area contributed by atoms with Crippen molar-refractivity contribution in [2.75, 3.05) is 12.0 Å². The molecule has 214 valence electrons. The number of benzene rings is 4. The lowest BCUT2D eigenvalue weighted by Crippen LogP contribution is -2.19. The lowest BCUT2D eigenvalue weighted by molar-refractivity contribution is -0.276. The Bertz CT molecular complexity index is 1530. The van der Waals surface area contributed by atoms with E-state index in [4.69, 9.17) is 4.74 Å². The molecule has 0 atom stereocenters. The van der Waals surface area contributed by atoms with Crippen LogP contribution in [-0.2, 0) is 6.61 Å². The minimum Gasteiger partial charge on any atom is -0.489 e. The van der Waals surface area contributed by atoms with Crippen molar-refractivity contribution in [1.82, 2.24) is 0 Å². The van der Waals surface area contributed by atoms with Crippen LogP contribution in [0, 0.1) is 17.5 Å². The lowest BCUT2D eigenvalue weighted by atomic mass is 9.99.